The van der Waals surface area contributed by atoms with E-state index in [4.69, 9.17) is 4.74 Å². The van der Waals surface area contributed by atoms with Crippen LogP contribution in [0.3, 0.4) is 0 Å². The molecule has 2 rings (SSSR count). The summed E-state index contributed by atoms with van der Waals surface area (Å²) in [6, 6.07) is 0. The van der Waals surface area contributed by atoms with Crippen LogP contribution < -0.4 is 0 Å². The van der Waals surface area contributed by atoms with Crippen molar-refractivity contribution in [1.29, 1.82) is 0 Å². The highest BCUT2D eigenvalue weighted by atomic mass is 32.2. The van der Waals surface area contributed by atoms with E-state index < -0.39 is 0 Å². The van der Waals surface area contributed by atoms with Crippen molar-refractivity contribution in [2.45, 2.75) is 31.2 Å². The molecule has 0 aromatic carbocycles. The molecule has 2 heterocycles. The van der Waals surface area contributed by atoms with E-state index in [9.17, 15) is 4.79 Å². The average molecular weight is 269 g/mol. The number of carbonyl (C=O) groups excluding carboxylic acids is 1. The molecule has 0 spiro atoms. The summed E-state index contributed by atoms with van der Waals surface area (Å²) < 4.78 is 7.54. The Hall–Kier alpha value is -1.01. The number of hydrogen-bond acceptors (Lipinski definition) is 4. The number of hydrogen-bond donors (Lipinski definition) is 0. The zero-order valence-electron chi connectivity index (χ0n) is 11.0. The molecular formula is C12H19N3O2S. The standard InChI is InChI=1S/C12H19N3O2S/c1-9-6-15(7-10(2)17-9)11(16)8-18-12-13-4-5-14(12)3/h4-5,9-10H,6-8H2,1-3H3. The van der Waals surface area contributed by atoms with Gasteiger partial charge in [-0.25, -0.2) is 4.98 Å². The molecule has 6 heteroatoms. The topological polar surface area (TPSA) is 47.4 Å². The molecule has 0 bridgehead atoms. The van der Waals surface area contributed by atoms with Crippen LogP contribution in [-0.2, 0) is 16.6 Å². The van der Waals surface area contributed by atoms with E-state index in [-0.39, 0.29) is 18.1 Å². The van der Waals surface area contributed by atoms with Gasteiger partial charge < -0.3 is 14.2 Å². The van der Waals surface area contributed by atoms with Crippen molar-refractivity contribution in [2.24, 2.45) is 7.05 Å². The maximum Gasteiger partial charge on any atom is 0.233 e. The van der Waals surface area contributed by atoms with Gasteiger partial charge >= 0.3 is 0 Å². The van der Waals surface area contributed by atoms with E-state index in [1.165, 1.54) is 11.8 Å². The molecular weight excluding hydrogens is 250 g/mol. The number of rotatable bonds is 3. The van der Waals surface area contributed by atoms with Gasteiger partial charge in [0, 0.05) is 32.5 Å². The largest absolute Gasteiger partial charge is 0.372 e. The van der Waals surface area contributed by atoms with Gasteiger partial charge in [-0.05, 0) is 13.8 Å². The molecule has 1 fully saturated rings. The van der Waals surface area contributed by atoms with E-state index >= 15 is 0 Å². The number of imidazole rings is 1. The number of amides is 1. The van der Waals surface area contributed by atoms with Crippen molar-refractivity contribution in [3.05, 3.63) is 12.4 Å². The Morgan fingerprint density at radius 2 is 2.17 bits per heavy atom. The monoisotopic (exact) mass is 269 g/mol. The summed E-state index contributed by atoms with van der Waals surface area (Å²) in [5.74, 6) is 0.592. The lowest BCUT2D eigenvalue weighted by Gasteiger charge is -2.35. The van der Waals surface area contributed by atoms with Crippen LogP contribution in [0, 0.1) is 0 Å². The average Bonchev–Trinajstić information content (AvgIpc) is 2.70. The molecule has 18 heavy (non-hydrogen) atoms. The molecule has 1 amide bonds. The van der Waals surface area contributed by atoms with Gasteiger partial charge in [-0.15, -0.1) is 0 Å². The van der Waals surface area contributed by atoms with Gasteiger partial charge in [-0.1, -0.05) is 11.8 Å². The van der Waals surface area contributed by atoms with Gasteiger partial charge in [0.05, 0.1) is 18.0 Å². The molecule has 0 N–H and O–H groups in total. The minimum absolute atomic E-state index is 0.121. The van der Waals surface area contributed by atoms with E-state index in [0.717, 1.165) is 5.16 Å². The normalized spacial score (nSPS) is 24.3. The fraction of sp³-hybridized carbons (Fsp3) is 0.667. The van der Waals surface area contributed by atoms with E-state index in [1.54, 1.807) is 6.20 Å². The maximum absolute atomic E-state index is 12.1. The summed E-state index contributed by atoms with van der Waals surface area (Å²) in [6.07, 6.45) is 3.86. The summed E-state index contributed by atoms with van der Waals surface area (Å²) in [4.78, 5) is 18.2. The molecule has 0 aliphatic carbocycles. The van der Waals surface area contributed by atoms with Crippen LogP contribution in [0.5, 0.6) is 0 Å². The van der Waals surface area contributed by atoms with Crippen LogP contribution in [-0.4, -0.2) is 51.4 Å². The van der Waals surface area contributed by atoms with Crippen molar-refractivity contribution in [3.63, 3.8) is 0 Å². The van der Waals surface area contributed by atoms with E-state index in [0.29, 0.717) is 18.8 Å². The summed E-state index contributed by atoms with van der Waals surface area (Å²) in [6.45, 7) is 5.37. The number of aryl methyl sites for hydroxylation is 1. The SMILES string of the molecule is CC1CN(C(=O)CSc2nccn2C)CC(C)O1. The predicted octanol–water partition coefficient (Wildman–Crippen LogP) is 1.15. The zero-order chi connectivity index (χ0) is 13.1. The Kier molecular flexibility index (Phi) is 4.29. The molecule has 5 nitrogen and oxygen atoms in total. The lowest BCUT2D eigenvalue weighted by molar-refractivity contribution is -0.140. The van der Waals surface area contributed by atoms with Crippen molar-refractivity contribution < 1.29 is 9.53 Å². The van der Waals surface area contributed by atoms with Gasteiger partial charge in [0.15, 0.2) is 5.16 Å². The van der Waals surface area contributed by atoms with Gasteiger partial charge in [-0.2, -0.15) is 0 Å². The second-order valence-electron chi connectivity index (χ2n) is 4.67. The molecule has 1 aliphatic rings. The minimum atomic E-state index is 0.121. The highest BCUT2D eigenvalue weighted by molar-refractivity contribution is 7.99. The second-order valence-corrected chi connectivity index (χ2v) is 5.61. The van der Waals surface area contributed by atoms with Crippen LogP contribution in [0.2, 0.25) is 0 Å². The van der Waals surface area contributed by atoms with Crippen molar-refractivity contribution in [2.75, 3.05) is 18.8 Å². The first-order chi connectivity index (χ1) is 8.56. The molecule has 100 valence electrons. The van der Waals surface area contributed by atoms with Gasteiger partial charge in [0.1, 0.15) is 0 Å². The minimum Gasteiger partial charge on any atom is -0.372 e. The lowest BCUT2D eigenvalue weighted by Crippen LogP contribution is -2.48. The number of thioether (sulfide) groups is 1. The number of ether oxygens (including phenoxy) is 1. The quantitative estimate of drug-likeness (QED) is 0.772. The molecule has 2 unspecified atom stereocenters. The molecule has 2 atom stereocenters. The molecule has 0 saturated carbocycles. The first-order valence-corrected chi connectivity index (χ1v) is 7.08. The van der Waals surface area contributed by atoms with Crippen molar-refractivity contribution in [1.82, 2.24) is 14.5 Å². The summed E-state index contributed by atoms with van der Waals surface area (Å²) in [5.41, 5.74) is 0. The number of aromatic nitrogens is 2. The van der Waals surface area contributed by atoms with Gasteiger partial charge in [-0.3, -0.25) is 4.79 Å². The number of nitrogens with zero attached hydrogens (tertiary/aromatic N) is 3. The van der Waals surface area contributed by atoms with Crippen molar-refractivity contribution in [3.8, 4) is 0 Å². The molecule has 1 saturated heterocycles. The lowest BCUT2D eigenvalue weighted by atomic mass is 10.2. The highest BCUT2D eigenvalue weighted by Gasteiger charge is 2.25. The molecule has 1 aliphatic heterocycles. The maximum atomic E-state index is 12.1. The van der Waals surface area contributed by atoms with Crippen LogP contribution in [0.25, 0.3) is 0 Å². The van der Waals surface area contributed by atoms with Crippen LogP contribution in [0.1, 0.15) is 13.8 Å². The third-order valence-corrected chi connectivity index (χ3v) is 3.92. The second kappa shape index (κ2) is 5.75. The highest BCUT2D eigenvalue weighted by Crippen LogP contribution is 2.17. The molecule has 1 aromatic heterocycles. The first kappa shape index (κ1) is 13.4. The van der Waals surface area contributed by atoms with Gasteiger partial charge in [0.2, 0.25) is 5.91 Å². The third kappa shape index (κ3) is 3.26. The Morgan fingerprint density at radius 1 is 1.50 bits per heavy atom. The number of carbonyl (C=O) groups is 1. The zero-order valence-corrected chi connectivity index (χ0v) is 11.8. The number of morpholine rings is 1. The molecule has 0 radical (unpaired) electrons. The van der Waals surface area contributed by atoms with Crippen molar-refractivity contribution >= 4 is 17.7 Å². The first-order valence-electron chi connectivity index (χ1n) is 6.09. The predicted molar refractivity (Wildman–Crippen MR) is 70.5 cm³/mol. The smallest absolute Gasteiger partial charge is 0.233 e. The van der Waals surface area contributed by atoms with Crippen LogP contribution in [0.15, 0.2) is 17.6 Å². The summed E-state index contributed by atoms with van der Waals surface area (Å²) in [5, 5.41) is 0.873. The Bertz CT molecular complexity index is 411. The molecule has 1 aromatic rings. The fourth-order valence-corrected chi connectivity index (χ4v) is 2.93. The Balaban J connectivity index is 1.86. The third-order valence-electron chi connectivity index (χ3n) is 2.87. The summed E-state index contributed by atoms with van der Waals surface area (Å²) >= 11 is 1.48. The Morgan fingerprint density at radius 3 is 2.72 bits per heavy atom. The van der Waals surface area contributed by atoms with E-state index in [2.05, 4.69) is 4.98 Å². The van der Waals surface area contributed by atoms with E-state index in [1.807, 2.05) is 36.6 Å². The van der Waals surface area contributed by atoms with Crippen LogP contribution >= 0.6 is 11.8 Å². The van der Waals surface area contributed by atoms with Crippen LogP contribution in [0.4, 0.5) is 0 Å². The van der Waals surface area contributed by atoms with Gasteiger partial charge in [0.25, 0.3) is 0 Å². The summed E-state index contributed by atoms with van der Waals surface area (Å²) in [7, 11) is 1.93. The fourth-order valence-electron chi connectivity index (χ4n) is 2.09. The Labute approximate surface area is 112 Å².